The van der Waals surface area contributed by atoms with Gasteiger partial charge in [0.15, 0.2) is 0 Å². The molecule has 12 heavy (non-hydrogen) atoms. The number of unbranched alkanes of at least 4 members (excludes halogenated alkanes) is 1. The molecule has 0 aromatic carbocycles. The van der Waals surface area contributed by atoms with Crippen molar-refractivity contribution in [1.82, 2.24) is 5.32 Å². The predicted molar refractivity (Wildman–Crippen MR) is 65.1 cm³/mol. The predicted octanol–water partition coefficient (Wildman–Crippen LogP) is 3.23. The van der Waals surface area contributed by atoms with E-state index in [4.69, 9.17) is 0 Å². The summed E-state index contributed by atoms with van der Waals surface area (Å²) in [5.74, 6) is 0.893. The molecule has 0 rings (SSSR count). The van der Waals surface area contributed by atoms with Crippen LogP contribution < -0.4 is 5.32 Å². The van der Waals surface area contributed by atoms with E-state index in [1.54, 1.807) is 0 Å². The zero-order chi connectivity index (χ0) is 9.23. The van der Waals surface area contributed by atoms with E-state index < -0.39 is 0 Å². The van der Waals surface area contributed by atoms with Crippen LogP contribution in [0.25, 0.3) is 0 Å². The van der Waals surface area contributed by atoms with E-state index in [0.717, 1.165) is 5.92 Å². The minimum atomic E-state index is 0.893. The lowest BCUT2D eigenvalue weighted by molar-refractivity contribution is 0.447. The second kappa shape index (κ2) is 9.78. The van der Waals surface area contributed by atoms with Gasteiger partial charge in [0.2, 0.25) is 0 Å². The second-order valence-electron chi connectivity index (χ2n) is 3.28. The van der Waals surface area contributed by atoms with Gasteiger partial charge in [-0.2, -0.15) is 0 Å². The first-order valence-corrected chi connectivity index (χ1v) is 6.64. The Morgan fingerprint density at radius 2 is 1.83 bits per heavy atom. The van der Waals surface area contributed by atoms with Crippen LogP contribution in [-0.2, 0) is 0 Å². The molecule has 0 fully saturated rings. The summed E-state index contributed by atoms with van der Waals surface area (Å²) in [5, 5.41) is 3.52. The SMILES string of the molecule is CCC(CC)CNCCCCI. The number of halogens is 1. The number of hydrogen-bond donors (Lipinski definition) is 1. The van der Waals surface area contributed by atoms with E-state index in [-0.39, 0.29) is 0 Å². The first-order chi connectivity index (χ1) is 5.85. The summed E-state index contributed by atoms with van der Waals surface area (Å²) < 4.78 is 1.30. The van der Waals surface area contributed by atoms with Gasteiger partial charge in [0.25, 0.3) is 0 Å². The van der Waals surface area contributed by atoms with Gasteiger partial charge in [0.1, 0.15) is 0 Å². The second-order valence-corrected chi connectivity index (χ2v) is 4.36. The zero-order valence-corrected chi connectivity index (χ0v) is 10.6. The Labute approximate surface area is 90.8 Å². The van der Waals surface area contributed by atoms with Gasteiger partial charge in [-0.05, 0) is 36.3 Å². The van der Waals surface area contributed by atoms with Gasteiger partial charge in [-0.3, -0.25) is 0 Å². The molecular weight excluding hydrogens is 261 g/mol. The molecule has 0 radical (unpaired) electrons. The van der Waals surface area contributed by atoms with Crippen LogP contribution in [-0.4, -0.2) is 17.5 Å². The number of nitrogens with one attached hydrogen (secondary N) is 1. The van der Waals surface area contributed by atoms with Crippen molar-refractivity contribution in [2.24, 2.45) is 5.92 Å². The maximum Gasteiger partial charge on any atom is -0.000426 e. The summed E-state index contributed by atoms with van der Waals surface area (Å²) in [4.78, 5) is 0. The Balaban J connectivity index is 3.06. The fraction of sp³-hybridized carbons (Fsp3) is 1.00. The Hall–Kier alpha value is 0.690. The van der Waals surface area contributed by atoms with Crippen LogP contribution in [0.15, 0.2) is 0 Å². The Morgan fingerprint density at radius 3 is 2.33 bits per heavy atom. The largest absolute Gasteiger partial charge is 0.316 e. The van der Waals surface area contributed by atoms with Crippen molar-refractivity contribution >= 4 is 22.6 Å². The Morgan fingerprint density at radius 1 is 1.17 bits per heavy atom. The third kappa shape index (κ3) is 7.35. The summed E-state index contributed by atoms with van der Waals surface area (Å²) in [6.45, 7) is 6.98. The summed E-state index contributed by atoms with van der Waals surface area (Å²) in [5.41, 5.74) is 0. The van der Waals surface area contributed by atoms with Crippen LogP contribution in [0.5, 0.6) is 0 Å². The molecule has 1 N–H and O–H groups in total. The maximum atomic E-state index is 3.52. The summed E-state index contributed by atoms with van der Waals surface area (Å²) in [6, 6.07) is 0. The lowest BCUT2D eigenvalue weighted by Crippen LogP contribution is -2.23. The fourth-order valence-corrected chi connectivity index (χ4v) is 1.77. The van der Waals surface area contributed by atoms with Crippen LogP contribution in [0.1, 0.15) is 39.5 Å². The molecule has 0 atom stereocenters. The summed E-state index contributed by atoms with van der Waals surface area (Å²) in [7, 11) is 0. The minimum Gasteiger partial charge on any atom is -0.316 e. The molecule has 0 aromatic heterocycles. The molecule has 0 heterocycles. The highest BCUT2D eigenvalue weighted by atomic mass is 127. The number of hydrogen-bond acceptors (Lipinski definition) is 1. The normalized spacial score (nSPS) is 11.0. The lowest BCUT2D eigenvalue weighted by atomic mass is 10.0. The molecule has 0 unspecified atom stereocenters. The molecular formula is C10H22IN. The van der Waals surface area contributed by atoms with E-state index in [9.17, 15) is 0 Å². The van der Waals surface area contributed by atoms with Crippen molar-refractivity contribution in [1.29, 1.82) is 0 Å². The van der Waals surface area contributed by atoms with Gasteiger partial charge in [-0.25, -0.2) is 0 Å². The van der Waals surface area contributed by atoms with Gasteiger partial charge < -0.3 is 5.32 Å². The maximum absolute atomic E-state index is 3.52. The number of rotatable bonds is 8. The van der Waals surface area contributed by atoms with Gasteiger partial charge in [0, 0.05) is 0 Å². The van der Waals surface area contributed by atoms with Crippen LogP contribution >= 0.6 is 22.6 Å². The number of alkyl halides is 1. The van der Waals surface area contributed by atoms with Crippen molar-refractivity contribution in [2.75, 3.05) is 17.5 Å². The molecule has 0 aromatic rings. The molecule has 0 amide bonds. The smallest absolute Gasteiger partial charge is 0.000426 e. The molecule has 74 valence electrons. The zero-order valence-electron chi connectivity index (χ0n) is 8.41. The van der Waals surface area contributed by atoms with E-state index in [2.05, 4.69) is 41.8 Å². The molecule has 2 heteroatoms. The molecule has 0 aliphatic rings. The van der Waals surface area contributed by atoms with Crippen molar-refractivity contribution in [3.8, 4) is 0 Å². The lowest BCUT2D eigenvalue weighted by Gasteiger charge is -2.12. The quantitative estimate of drug-likeness (QED) is 0.410. The fourth-order valence-electron chi connectivity index (χ4n) is 1.23. The van der Waals surface area contributed by atoms with Gasteiger partial charge in [0.05, 0.1) is 0 Å². The van der Waals surface area contributed by atoms with Crippen LogP contribution in [0, 0.1) is 5.92 Å². The average molecular weight is 283 g/mol. The van der Waals surface area contributed by atoms with Crippen LogP contribution in [0.2, 0.25) is 0 Å². The molecule has 0 aliphatic carbocycles. The average Bonchev–Trinajstić information content (AvgIpc) is 2.11. The van der Waals surface area contributed by atoms with Gasteiger partial charge in [-0.15, -0.1) is 0 Å². The van der Waals surface area contributed by atoms with Crippen molar-refractivity contribution in [3.63, 3.8) is 0 Å². The first-order valence-electron chi connectivity index (χ1n) is 5.11. The van der Waals surface area contributed by atoms with Crippen molar-refractivity contribution < 1.29 is 0 Å². The molecule has 0 aliphatic heterocycles. The van der Waals surface area contributed by atoms with E-state index >= 15 is 0 Å². The third-order valence-corrected chi connectivity index (χ3v) is 3.09. The van der Waals surface area contributed by atoms with E-state index in [1.165, 1.54) is 43.2 Å². The van der Waals surface area contributed by atoms with E-state index in [1.807, 2.05) is 0 Å². The van der Waals surface area contributed by atoms with Crippen molar-refractivity contribution in [2.45, 2.75) is 39.5 Å². The Bertz CT molecular complexity index is 81.9. The highest BCUT2D eigenvalue weighted by molar-refractivity contribution is 14.1. The molecule has 0 saturated heterocycles. The van der Waals surface area contributed by atoms with Crippen LogP contribution in [0.4, 0.5) is 0 Å². The third-order valence-electron chi connectivity index (χ3n) is 2.32. The molecule has 1 nitrogen and oxygen atoms in total. The van der Waals surface area contributed by atoms with E-state index in [0.29, 0.717) is 0 Å². The highest BCUT2D eigenvalue weighted by Crippen LogP contribution is 2.04. The first kappa shape index (κ1) is 12.7. The standard InChI is InChI=1S/C10H22IN/c1-3-10(4-2)9-12-8-6-5-7-11/h10,12H,3-9H2,1-2H3. The molecule has 0 spiro atoms. The minimum absolute atomic E-state index is 0.893. The highest BCUT2D eigenvalue weighted by Gasteiger charge is 2.00. The van der Waals surface area contributed by atoms with Crippen LogP contribution in [0.3, 0.4) is 0 Å². The Kier molecular flexibility index (Phi) is 10.3. The topological polar surface area (TPSA) is 12.0 Å². The van der Waals surface area contributed by atoms with Gasteiger partial charge in [-0.1, -0.05) is 49.3 Å². The van der Waals surface area contributed by atoms with Crippen molar-refractivity contribution in [3.05, 3.63) is 0 Å². The van der Waals surface area contributed by atoms with Gasteiger partial charge >= 0.3 is 0 Å². The summed E-state index contributed by atoms with van der Waals surface area (Å²) >= 11 is 2.44. The molecule has 0 bridgehead atoms. The monoisotopic (exact) mass is 283 g/mol. The summed E-state index contributed by atoms with van der Waals surface area (Å²) in [6.07, 6.45) is 5.32. The molecule has 0 saturated carbocycles.